The van der Waals surface area contributed by atoms with Gasteiger partial charge in [-0.05, 0) is 65.2 Å². The van der Waals surface area contributed by atoms with Crippen LogP contribution in [0.3, 0.4) is 0 Å². The molecule has 1 fully saturated rings. The van der Waals surface area contributed by atoms with E-state index in [1.165, 1.54) is 13.2 Å². The van der Waals surface area contributed by atoms with Gasteiger partial charge < -0.3 is 9.47 Å². The highest BCUT2D eigenvalue weighted by atomic mass is 19.4. The normalized spacial score (nSPS) is 16.3. The van der Waals surface area contributed by atoms with Gasteiger partial charge >= 0.3 is 24.6 Å². The molecule has 0 aliphatic carbocycles. The average Bonchev–Trinajstić information content (AvgIpc) is 3.26. The Labute approximate surface area is 230 Å². The summed E-state index contributed by atoms with van der Waals surface area (Å²) < 4.78 is 157. The molecule has 0 saturated carbocycles. The molecule has 226 valence electrons. The number of benzene rings is 3. The molecule has 1 amide bonds. The summed E-state index contributed by atoms with van der Waals surface area (Å²) in [5.41, 5.74) is -5.89. The summed E-state index contributed by atoms with van der Waals surface area (Å²) in [4.78, 5) is 13.4. The van der Waals surface area contributed by atoms with Crippen LogP contribution in [0.1, 0.15) is 45.9 Å². The summed E-state index contributed by atoms with van der Waals surface area (Å²) in [5.74, 6) is 0.00549. The van der Waals surface area contributed by atoms with Crippen LogP contribution in [0.15, 0.2) is 54.6 Å². The zero-order chi connectivity index (χ0) is 31.2. The topological polar surface area (TPSA) is 38.8 Å². The van der Waals surface area contributed by atoms with Gasteiger partial charge in [0.25, 0.3) is 6.43 Å². The lowest BCUT2D eigenvalue weighted by atomic mass is 9.94. The number of hydrogen-bond acceptors (Lipinski definition) is 3. The summed E-state index contributed by atoms with van der Waals surface area (Å²) in [5, 5.41) is 0. The monoisotopic (exact) mass is 613 g/mol. The highest BCUT2D eigenvalue weighted by Crippen LogP contribution is 2.42. The third-order valence-electron chi connectivity index (χ3n) is 6.43. The van der Waals surface area contributed by atoms with Crippen molar-refractivity contribution in [3.63, 3.8) is 0 Å². The summed E-state index contributed by atoms with van der Waals surface area (Å²) in [6, 6.07) is 6.17. The number of amides is 1. The molecule has 1 saturated heterocycles. The van der Waals surface area contributed by atoms with E-state index in [0.717, 1.165) is 23.1 Å². The fourth-order valence-electron chi connectivity index (χ4n) is 4.42. The van der Waals surface area contributed by atoms with E-state index in [2.05, 4.69) is 0 Å². The van der Waals surface area contributed by atoms with Crippen LogP contribution in [-0.4, -0.2) is 24.6 Å². The van der Waals surface area contributed by atoms with E-state index in [4.69, 9.17) is 9.47 Å². The van der Waals surface area contributed by atoms with Gasteiger partial charge in [-0.15, -0.1) is 0 Å². The first-order valence-corrected chi connectivity index (χ1v) is 11.8. The Morgan fingerprint density at radius 1 is 0.810 bits per heavy atom. The van der Waals surface area contributed by atoms with Crippen molar-refractivity contribution in [3.05, 3.63) is 88.0 Å². The van der Waals surface area contributed by atoms with Crippen LogP contribution in [0.5, 0.6) is 5.75 Å². The van der Waals surface area contributed by atoms with Crippen molar-refractivity contribution in [2.24, 2.45) is 0 Å². The van der Waals surface area contributed by atoms with Crippen LogP contribution in [0.2, 0.25) is 0 Å². The molecule has 0 radical (unpaired) electrons. The summed E-state index contributed by atoms with van der Waals surface area (Å²) >= 11 is 0. The zero-order valence-electron chi connectivity index (χ0n) is 21.1. The first-order chi connectivity index (χ1) is 19.4. The fourth-order valence-corrected chi connectivity index (χ4v) is 4.42. The molecule has 0 aromatic heterocycles. The van der Waals surface area contributed by atoms with Gasteiger partial charge in [-0.25, -0.2) is 13.6 Å². The molecule has 0 bridgehead atoms. The predicted octanol–water partition coefficient (Wildman–Crippen LogP) is 9.05. The molecule has 3 aromatic carbocycles. The minimum Gasteiger partial charge on any atom is -0.496 e. The number of carbonyl (C=O) groups is 1. The second-order valence-electron chi connectivity index (χ2n) is 9.22. The lowest BCUT2D eigenvalue weighted by molar-refractivity contribution is -0.143. The van der Waals surface area contributed by atoms with Crippen molar-refractivity contribution in [2.75, 3.05) is 13.7 Å². The third-order valence-corrected chi connectivity index (χ3v) is 6.43. The average molecular weight is 613 g/mol. The number of halogens is 11. The van der Waals surface area contributed by atoms with Crippen molar-refractivity contribution < 1.29 is 62.6 Å². The lowest BCUT2D eigenvalue weighted by Crippen LogP contribution is -2.24. The number of nitrogens with zero attached hydrogens (tertiary/aromatic N) is 1. The van der Waals surface area contributed by atoms with Gasteiger partial charge in [-0.1, -0.05) is 6.07 Å². The maximum Gasteiger partial charge on any atom is 0.416 e. The van der Waals surface area contributed by atoms with Gasteiger partial charge in [0.2, 0.25) is 0 Å². The Hall–Kier alpha value is -4.04. The maximum absolute atomic E-state index is 13.5. The Bertz CT molecular complexity index is 1450. The minimum absolute atomic E-state index is 0.00549. The predicted molar refractivity (Wildman–Crippen MR) is 124 cm³/mol. The van der Waals surface area contributed by atoms with E-state index in [0.29, 0.717) is 24.3 Å². The number of ether oxygens (including phenoxy) is 2. The first-order valence-electron chi connectivity index (χ1n) is 11.8. The van der Waals surface area contributed by atoms with Crippen molar-refractivity contribution in [1.82, 2.24) is 4.90 Å². The zero-order valence-corrected chi connectivity index (χ0v) is 21.1. The fraction of sp³-hybridized carbons (Fsp3) is 0.296. The molecule has 15 heteroatoms. The summed E-state index contributed by atoms with van der Waals surface area (Å²) in [6.07, 6.45) is -21.0. The first kappa shape index (κ1) is 30.9. The van der Waals surface area contributed by atoms with Gasteiger partial charge in [0.05, 0.1) is 30.3 Å². The van der Waals surface area contributed by atoms with Gasteiger partial charge in [-0.2, -0.15) is 39.5 Å². The molecule has 4 rings (SSSR count). The number of cyclic esters (lactones) is 1. The van der Waals surface area contributed by atoms with Crippen molar-refractivity contribution in [1.29, 1.82) is 0 Å². The highest BCUT2D eigenvalue weighted by molar-refractivity contribution is 5.76. The smallest absolute Gasteiger partial charge is 0.416 e. The SMILES string of the molecule is COc1ccc(C(F)F)cc1-c1ccc(C(F)(F)F)cc1CN1C[C@@H](c2cc(C(F)(F)F)cc(C(F)(F)F)c2)OC1=O. The van der Waals surface area contributed by atoms with Crippen LogP contribution < -0.4 is 4.74 Å². The summed E-state index contributed by atoms with van der Waals surface area (Å²) in [6.45, 7) is -1.29. The molecule has 0 spiro atoms. The number of carbonyl (C=O) groups excluding carboxylic acids is 1. The Morgan fingerprint density at radius 2 is 1.40 bits per heavy atom. The quantitative estimate of drug-likeness (QED) is 0.261. The minimum atomic E-state index is -5.17. The second-order valence-corrected chi connectivity index (χ2v) is 9.22. The Kier molecular flexibility index (Phi) is 8.08. The molecule has 42 heavy (non-hydrogen) atoms. The van der Waals surface area contributed by atoms with Gasteiger partial charge in [0.15, 0.2) is 0 Å². The lowest BCUT2D eigenvalue weighted by Gasteiger charge is -2.20. The van der Waals surface area contributed by atoms with Gasteiger partial charge in [0, 0.05) is 17.7 Å². The molecule has 3 aromatic rings. The third kappa shape index (κ3) is 6.54. The van der Waals surface area contributed by atoms with E-state index >= 15 is 0 Å². The van der Waals surface area contributed by atoms with Crippen LogP contribution in [-0.2, 0) is 29.8 Å². The molecule has 0 unspecified atom stereocenters. The van der Waals surface area contributed by atoms with Crippen LogP contribution >= 0.6 is 0 Å². The molecule has 1 heterocycles. The second kappa shape index (κ2) is 11.0. The standard InChI is InChI=1S/C27H18F11NO3/c1-41-21-5-2-13(23(28)29)9-20(21)19-4-3-16(25(30,31)32)8-15(19)11-39-12-22(42-24(39)40)14-6-17(26(33,34)35)10-18(7-14)27(36,37)38/h2-10,22-23H,11-12H2,1H3/t22-/m0/s1. The maximum atomic E-state index is 13.5. The van der Waals surface area contributed by atoms with Crippen LogP contribution in [0, 0.1) is 0 Å². The van der Waals surface area contributed by atoms with E-state index in [-0.39, 0.29) is 28.5 Å². The van der Waals surface area contributed by atoms with Crippen LogP contribution in [0.4, 0.5) is 53.1 Å². The largest absolute Gasteiger partial charge is 0.496 e. The molecule has 0 N–H and O–H groups in total. The van der Waals surface area contributed by atoms with Crippen molar-refractivity contribution in [2.45, 2.75) is 37.6 Å². The molecule has 4 nitrogen and oxygen atoms in total. The van der Waals surface area contributed by atoms with Gasteiger partial charge in [0.1, 0.15) is 11.9 Å². The highest BCUT2D eigenvalue weighted by Gasteiger charge is 2.40. The van der Waals surface area contributed by atoms with E-state index < -0.39 is 78.1 Å². The molecule has 1 aliphatic rings. The van der Waals surface area contributed by atoms with E-state index in [1.54, 1.807) is 0 Å². The molecule has 1 aliphatic heterocycles. The van der Waals surface area contributed by atoms with Gasteiger partial charge in [-0.3, -0.25) is 4.90 Å². The molecule has 1 atom stereocenters. The molecular weight excluding hydrogens is 595 g/mol. The van der Waals surface area contributed by atoms with Crippen molar-refractivity contribution in [3.8, 4) is 16.9 Å². The van der Waals surface area contributed by atoms with E-state index in [1.807, 2.05) is 0 Å². The molecular formula is C27H18F11NO3. The van der Waals surface area contributed by atoms with Crippen LogP contribution in [0.25, 0.3) is 11.1 Å². The Morgan fingerprint density at radius 3 is 1.93 bits per heavy atom. The number of rotatable bonds is 6. The number of alkyl halides is 11. The van der Waals surface area contributed by atoms with Crippen molar-refractivity contribution >= 4 is 6.09 Å². The number of methoxy groups -OCH3 is 1. The number of hydrogen-bond donors (Lipinski definition) is 0. The Balaban J connectivity index is 1.75. The summed E-state index contributed by atoms with van der Waals surface area (Å²) in [7, 11) is 1.19. The van der Waals surface area contributed by atoms with E-state index in [9.17, 15) is 53.1 Å².